The fourth-order valence-corrected chi connectivity index (χ4v) is 4.53. The van der Waals surface area contributed by atoms with Crippen LogP contribution >= 0.6 is 11.8 Å². The van der Waals surface area contributed by atoms with E-state index in [4.69, 9.17) is 0 Å². The molecule has 1 atom stereocenters. The van der Waals surface area contributed by atoms with Gasteiger partial charge < -0.3 is 0 Å². The lowest BCUT2D eigenvalue weighted by atomic mass is 9.94. The highest BCUT2D eigenvalue weighted by molar-refractivity contribution is 8.01. The number of fused-ring (bicyclic) bond motifs is 3. The van der Waals surface area contributed by atoms with Crippen LogP contribution in [0.25, 0.3) is 16.7 Å². The second kappa shape index (κ2) is 5.14. The minimum Gasteiger partial charge on any atom is -0.258 e. The molecule has 1 heterocycles. The van der Waals surface area contributed by atoms with Gasteiger partial charge in [-0.2, -0.15) is 0 Å². The molecule has 0 saturated heterocycles. The van der Waals surface area contributed by atoms with Gasteiger partial charge in [-0.05, 0) is 23.6 Å². The Morgan fingerprint density at radius 1 is 1.05 bits per heavy atom. The fraction of sp³-hybridized carbons (Fsp3) is 0.111. The number of hydrogen-bond donors (Lipinski definition) is 0. The minimum atomic E-state index is -0.303. The van der Waals surface area contributed by atoms with E-state index in [2.05, 4.69) is 24.3 Å². The summed E-state index contributed by atoms with van der Waals surface area (Å²) in [5, 5.41) is 11.8. The molecule has 0 saturated carbocycles. The van der Waals surface area contributed by atoms with Crippen LogP contribution in [0.2, 0.25) is 0 Å². The number of nitro benzene ring substituents is 1. The first kappa shape index (κ1) is 13.3. The Morgan fingerprint density at radius 3 is 2.68 bits per heavy atom. The van der Waals surface area contributed by atoms with Gasteiger partial charge in [-0.1, -0.05) is 48.6 Å². The van der Waals surface area contributed by atoms with Crippen molar-refractivity contribution >= 4 is 23.0 Å². The third kappa shape index (κ3) is 1.99. The van der Waals surface area contributed by atoms with Gasteiger partial charge in [0.2, 0.25) is 0 Å². The van der Waals surface area contributed by atoms with Crippen LogP contribution in [0, 0.1) is 10.1 Å². The van der Waals surface area contributed by atoms with Crippen LogP contribution < -0.4 is 0 Å². The smallest absolute Gasteiger partial charge is 0.258 e. The lowest BCUT2D eigenvalue weighted by molar-refractivity contribution is -0.384. The second-order valence-electron chi connectivity index (χ2n) is 5.35. The summed E-state index contributed by atoms with van der Waals surface area (Å²) in [6, 6.07) is 13.1. The summed E-state index contributed by atoms with van der Waals surface area (Å²) in [5.74, 6) is 0. The summed E-state index contributed by atoms with van der Waals surface area (Å²) in [7, 11) is 0. The molecule has 108 valence electrons. The van der Waals surface area contributed by atoms with Crippen molar-refractivity contribution in [3.05, 3.63) is 76.4 Å². The Morgan fingerprint density at radius 2 is 1.82 bits per heavy atom. The van der Waals surface area contributed by atoms with Crippen molar-refractivity contribution in [2.45, 2.75) is 16.6 Å². The van der Waals surface area contributed by atoms with Gasteiger partial charge in [0.1, 0.15) is 0 Å². The molecule has 0 spiro atoms. The zero-order valence-electron chi connectivity index (χ0n) is 11.7. The molecule has 0 N–H and O–H groups in total. The first-order valence-electron chi connectivity index (χ1n) is 7.16. The molecule has 1 unspecified atom stereocenters. The molecule has 0 radical (unpaired) electrons. The molecule has 2 aliphatic rings. The summed E-state index contributed by atoms with van der Waals surface area (Å²) in [4.78, 5) is 12.2. The Hall–Kier alpha value is -2.33. The van der Waals surface area contributed by atoms with E-state index in [0.29, 0.717) is 10.8 Å². The van der Waals surface area contributed by atoms with Gasteiger partial charge in [0, 0.05) is 21.8 Å². The largest absolute Gasteiger partial charge is 0.277 e. The van der Waals surface area contributed by atoms with Gasteiger partial charge in [-0.25, -0.2) is 0 Å². The number of para-hydroxylation sites is 1. The van der Waals surface area contributed by atoms with E-state index in [1.807, 2.05) is 36.0 Å². The molecule has 0 aromatic heterocycles. The second-order valence-corrected chi connectivity index (χ2v) is 6.56. The number of hydrogen-bond acceptors (Lipinski definition) is 3. The van der Waals surface area contributed by atoms with Crippen molar-refractivity contribution in [2.75, 3.05) is 0 Å². The van der Waals surface area contributed by atoms with E-state index >= 15 is 0 Å². The molecule has 0 amide bonds. The van der Waals surface area contributed by atoms with Crippen molar-refractivity contribution in [3.8, 4) is 11.1 Å². The van der Waals surface area contributed by atoms with Crippen LogP contribution in [0.1, 0.15) is 12.0 Å². The number of allylic oxidation sites excluding steroid dienone is 3. The standard InChI is InChI=1S/C18H13NO2S/c20-19(21)16-10-3-1-6-12(16)14-8-5-9-15-13-7-2-4-11-17(13)22-18(14)15/h1-10,17H,11H2. The Balaban J connectivity index is 1.92. The monoisotopic (exact) mass is 307 g/mol. The summed E-state index contributed by atoms with van der Waals surface area (Å²) >= 11 is 1.82. The Labute approximate surface area is 132 Å². The Bertz CT molecular complexity index is 839. The maximum absolute atomic E-state index is 11.3. The van der Waals surface area contributed by atoms with Crippen molar-refractivity contribution in [1.82, 2.24) is 0 Å². The molecule has 2 aromatic rings. The molecule has 0 fully saturated rings. The fourth-order valence-electron chi connectivity index (χ4n) is 3.09. The zero-order chi connectivity index (χ0) is 15.1. The highest BCUT2D eigenvalue weighted by Gasteiger charge is 2.31. The normalized spacial score (nSPS) is 18.5. The van der Waals surface area contributed by atoms with Crippen molar-refractivity contribution in [3.63, 3.8) is 0 Å². The van der Waals surface area contributed by atoms with Crippen LogP contribution in [0.4, 0.5) is 5.69 Å². The molecule has 4 heteroatoms. The highest BCUT2D eigenvalue weighted by atomic mass is 32.2. The van der Waals surface area contributed by atoms with Gasteiger partial charge >= 0.3 is 0 Å². The zero-order valence-corrected chi connectivity index (χ0v) is 12.5. The van der Waals surface area contributed by atoms with Crippen LogP contribution in [0.15, 0.2) is 65.6 Å². The third-order valence-corrected chi connectivity index (χ3v) is 5.49. The molecule has 22 heavy (non-hydrogen) atoms. The van der Waals surface area contributed by atoms with Crippen LogP contribution in [0.5, 0.6) is 0 Å². The molecule has 1 aliphatic carbocycles. The van der Waals surface area contributed by atoms with Gasteiger partial charge in [-0.3, -0.25) is 10.1 Å². The number of rotatable bonds is 2. The number of nitrogens with zero attached hydrogens (tertiary/aromatic N) is 1. The summed E-state index contributed by atoms with van der Waals surface area (Å²) in [6.07, 6.45) is 7.45. The first-order valence-corrected chi connectivity index (χ1v) is 8.04. The van der Waals surface area contributed by atoms with Gasteiger partial charge in [0.25, 0.3) is 5.69 Å². The van der Waals surface area contributed by atoms with Gasteiger partial charge in [0.05, 0.1) is 10.5 Å². The predicted octanol–water partition coefficient (Wildman–Crippen LogP) is 5.08. The lowest BCUT2D eigenvalue weighted by Crippen LogP contribution is -2.00. The average Bonchev–Trinajstić information content (AvgIpc) is 2.93. The van der Waals surface area contributed by atoms with Gasteiger partial charge in [0.15, 0.2) is 0 Å². The quantitative estimate of drug-likeness (QED) is 0.574. The highest BCUT2D eigenvalue weighted by Crippen LogP contribution is 2.52. The average molecular weight is 307 g/mol. The summed E-state index contributed by atoms with van der Waals surface area (Å²) in [5.41, 5.74) is 4.38. The molecule has 4 rings (SSSR count). The molecular weight excluding hydrogens is 294 g/mol. The third-order valence-electron chi connectivity index (χ3n) is 4.09. The summed E-state index contributed by atoms with van der Waals surface area (Å²) < 4.78 is 0. The topological polar surface area (TPSA) is 43.1 Å². The molecule has 0 bridgehead atoms. The predicted molar refractivity (Wildman–Crippen MR) is 89.9 cm³/mol. The summed E-state index contributed by atoms with van der Waals surface area (Å²) in [6.45, 7) is 0. The number of thioether (sulfide) groups is 1. The van der Waals surface area contributed by atoms with E-state index in [1.54, 1.807) is 12.1 Å². The Kier molecular flexibility index (Phi) is 3.12. The maximum Gasteiger partial charge on any atom is 0.277 e. The van der Waals surface area contributed by atoms with Crippen LogP contribution in [-0.2, 0) is 0 Å². The molecular formula is C18H13NO2S. The van der Waals surface area contributed by atoms with Crippen LogP contribution in [-0.4, -0.2) is 10.2 Å². The lowest BCUT2D eigenvalue weighted by Gasteiger charge is -2.11. The first-order chi connectivity index (χ1) is 10.8. The number of nitro groups is 1. The van der Waals surface area contributed by atoms with E-state index < -0.39 is 0 Å². The van der Waals surface area contributed by atoms with Crippen LogP contribution in [0.3, 0.4) is 0 Å². The van der Waals surface area contributed by atoms with E-state index in [-0.39, 0.29) is 10.6 Å². The van der Waals surface area contributed by atoms with Gasteiger partial charge in [-0.15, -0.1) is 11.8 Å². The van der Waals surface area contributed by atoms with Crippen molar-refractivity contribution < 1.29 is 4.92 Å². The van der Waals surface area contributed by atoms with Crippen molar-refractivity contribution in [1.29, 1.82) is 0 Å². The number of benzene rings is 2. The molecule has 3 nitrogen and oxygen atoms in total. The maximum atomic E-state index is 11.3. The van der Waals surface area contributed by atoms with E-state index in [1.165, 1.54) is 11.1 Å². The SMILES string of the molecule is O=[N+]([O-])c1ccccc1-c1cccc2c1SC1CC=CC=C21. The molecule has 1 aliphatic heterocycles. The molecule has 2 aromatic carbocycles. The van der Waals surface area contributed by atoms with E-state index in [0.717, 1.165) is 16.9 Å². The minimum absolute atomic E-state index is 0.165. The van der Waals surface area contributed by atoms with Crippen molar-refractivity contribution in [2.24, 2.45) is 0 Å². The van der Waals surface area contributed by atoms with E-state index in [9.17, 15) is 10.1 Å².